The third-order valence-corrected chi connectivity index (χ3v) is 3.94. The Hall–Kier alpha value is -1.59. The van der Waals surface area contributed by atoms with Crippen molar-refractivity contribution < 1.29 is 19.5 Å². The summed E-state index contributed by atoms with van der Waals surface area (Å²) in [6.45, 7) is 7.73. The summed E-state index contributed by atoms with van der Waals surface area (Å²) in [5.41, 5.74) is -0.406. The molecular weight excluding hydrogens is 260 g/mol. The summed E-state index contributed by atoms with van der Waals surface area (Å²) in [5, 5.41) is 8.85. The third-order valence-electron chi connectivity index (χ3n) is 3.94. The van der Waals surface area contributed by atoms with E-state index in [1.54, 1.807) is 9.80 Å². The molecule has 2 amide bonds. The molecule has 1 heterocycles. The second kappa shape index (κ2) is 5.07. The molecular formula is C14H22N2O4. The van der Waals surface area contributed by atoms with Crippen LogP contribution in [0.25, 0.3) is 0 Å². The molecule has 0 radical (unpaired) electrons. The van der Waals surface area contributed by atoms with Gasteiger partial charge in [0.15, 0.2) is 0 Å². The lowest BCUT2D eigenvalue weighted by atomic mass is 9.94. The summed E-state index contributed by atoms with van der Waals surface area (Å²) in [6, 6.07) is 0. The normalized spacial score (nSPS) is 26.4. The second-order valence-electron chi connectivity index (χ2n) is 6.65. The van der Waals surface area contributed by atoms with Gasteiger partial charge in [0, 0.05) is 31.6 Å². The van der Waals surface area contributed by atoms with Crippen LogP contribution in [-0.4, -0.2) is 58.9 Å². The van der Waals surface area contributed by atoms with Crippen LogP contribution in [0, 0.1) is 17.3 Å². The number of rotatable bonds is 2. The zero-order valence-electron chi connectivity index (χ0n) is 12.3. The van der Waals surface area contributed by atoms with Crippen molar-refractivity contribution in [2.45, 2.75) is 27.2 Å². The SMILES string of the molecule is CC(C)(C)C(=O)N1CCN(C(=O)C2CC2C(=O)O)CC1. The molecule has 0 aromatic carbocycles. The monoisotopic (exact) mass is 282 g/mol. The van der Waals surface area contributed by atoms with E-state index in [9.17, 15) is 14.4 Å². The van der Waals surface area contributed by atoms with Gasteiger partial charge in [-0.05, 0) is 6.42 Å². The van der Waals surface area contributed by atoms with Gasteiger partial charge >= 0.3 is 5.97 Å². The highest BCUT2D eigenvalue weighted by atomic mass is 16.4. The van der Waals surface area contributed by atoms with Gasteiger partial charge in [-0.1, -0.05) is 20.8 Å². The standard InChI is InChI=1S/C14H22N2O4/c1-14(2,3)13(20)16-6-4-15(5-7-16)11(17)9-8-10(9)12(18)19/h9-10H,4-8H2,1-3H3,(H,18,19). The van der Waals surface area contributed by atoms with Gasteiger partial charge in [0.1, 0.15) is 0 Å². The predicted molar refractivity (Wildman–Crippen MR) is 71.8 cm³/mol. The maximum absolute atomic E-state index is 12.1. The number of carboxylic acids is 1. The minimum atomic E-state index is -0.884. The smallest absolute Gasteiger partial charge is 0.307 e. The number of carboxylic acid groups (broad SMARTS) is 1. The van der Waals surface area contributed by atoms with Gasteiger partial charge in [-0.3, -0.25) is 14.4 Å². The lowest BCUT2D eigenvalue weighted by Crippen LogP contribution is -2.53. The van der Waals surface area contributed by atoms with Crippen molar-refractivity contribution in [2.75, 3.05) is 26.2 Å². The van der Waals surface area contributed by atoms with Crippen LogP contribution in [0.3, 0.4) is 0 Å². The van der Waals surface area contributed by atoms with Crippen LogP contribution in [0.2, 0.25) is 0 Å². The highest BCUT2D eigenvalue weighted by molar-refractivity contribution is 5.89. The van der Waals surface area contributed by atoms with E-state index in [2.05, 4.69) is 0 Å². The summed E-state index contributed by atoms with van der Waals surface area (Å²) in [6.07, 6.45) is 0.454. The van der Waals surface area contributed by atoms with Crippen LogP contribution in [0.1, 0.15) is 27.2 Å². The first kappa shape index (κ1) is 14.8. The fourth-order valence-electron chi connectivity index (χ4n) is 2.58. The minimum absolute atomic E-state index is 0.0692. The van der Waals surface area contributed by atoms with Crippen LogP contribution in [-0.2, 0) is 14.4 Å². The lowest BCUT2D eigenvalue weighted by molar-refractivity contribution is -0.146. The Morgan fingerprint density at radius 2 is 1.45 bits per heavy atom. The summed E-state index contributed by atoms with van der Waals surface area (Å²) in [4.78, 5) is 38.5. The van der Waals surface area contributed by atoms with E-state index in [1.165, 1.54) is 0 Å². The highest BCUT2D eigenvalue weighted by Gasteiger charge is 2.50. The quantitative estimate of drug-likeness (QED) is 0.796. The molecule has 0 aromatic rings. The highest BCUT2D eigenvalue weighted by Crippen LogP contribution is 2.40. The molecule has 2 rings (SSSR count). The van der Waals surface area contributed by atoms with Gasteiger partial charge in [-0.15, -0.1) is 0 Å². The molecule has 1 N–H and O–H groups in total. The van der Waals surface area contributed by atoms with E-state index in [0.29, 0.717) is 32.6 Å². The maximum Gasteiger partial charge on any atom is 0.307 e. The summed E-state index contributed by atoms with van der Waals surface area (Å²) >= 11 is 0. The van der Waals surface area contributed by atoms with Gasteiger partial charge in [0.05, 0.1) is 11.8 Å². The van der Waals surface area contributed by atoms with Gasteiger partial charge in [0.25, 0.3) is 0 Å². The summed E-state index contributed by atoms with van der Waals surface area (Å²) in [7, 11) is 0. The van der Waals surface area contributed by atoms with E-state index in [-0.39, 0.29) is 17.7 Å². The molecule has 2 fully saturated rings. The van der Waals surface area contributed by atoms with Crippen molar-refractivity contribution in [2.24, 2.45) is 17.3 Å². The average molecular weight is 282 g/mol. The molecule has 1 saturated heterocycles. The number of aliphatic carboxylic acids is 1. The molecule has 1 aliphatic heterocycles. The molecule has 20 heavy (non-hydrogen) atoms. The molecule has 2 atom stereocenters. The first-order valence-corrected chi connectivity index (χ1v) is 7.03. The number of carbonyl (C=O) groups excluding carboxylic acids is 2. The van der Waals surface area contributed by atoms with Crippen molar-refractivity contribution in [3.63, 3.8) is 0 Å². The van der Waals surface area contributed by atoms with E-state index in [0.717, 1.165) is 0 Å². The Balaban J connectivity index is 1.85. The molecule has 2 aliphatic rings. The van der Waals surface area contributed by atoms with Crippen LogP contribution >= 0.6 is 0 Å². The van der Waals surface area contributed by atoms with Crippen LogP contribution in [0.15, 0.2) is 0 Å². The number of nitrogens with zero attached hydrogens (tertiary/aromatic N) is 2. The van der Waals surface area contributed by atoms with Crippen LogP contribution in [0.5, 0.6) is 0 Å². The largest absolute Gasteiger partial charge is 0.481 e. The zero-order valence-corrected chi connectivity index (χ0v) is 12.3. The third kappa shape index (κ3) is 2.94. The number of hydrogen-bond donors (Lipinski definition) is 1. The number of carbonyl (C=O) groups is 3. The Morgan fingerprint density at radius 1 is 0.950 bits per heavy atom. The van der Waals surface area contributed by atoms with Crippen molar-refractivity contribution in [3.8, 4) is 0 Å². The molecule has 0 bridgehead atoms. The molecule has 6 heteroatoms. The molecule has 6 nitrogen and oxygen atoms in total. The fraction of sp³-hybridized carbons (Fsp3) is 0.786. The fourth-order valence-corrected chi connectivity index (χ4v) is 2.58. The molecule has 2 unspecified atom stereocenters. The topological polar surface area (TPSA) is 77.9 Å². The van der Waals surface area contributed by atoms with Crippen molar-refractivity contribution >= 4 is 17.8 Å². The van der Waals surface area contributed by atoms with Crippen molar-refractivity contribution in [3.05, 3.63) is 0 Å². The summed E-state index contributed by atoms with van der Waals surface area (Å²) in [5.74, 6) is -1.71. The molecule has 1 saturated carbocycles. The first-order chi connectivity index (χ1) is 9.21. The zero-order chi connectivity index (χ0) is 15.1. The van der Waals surface area contributed by atoms with E-state index in [4.69, 9.17) is 5.11 Å². The van der Waals surface area contributed by atoms with E-state index in [1.807, 2.05) is 20.8 Å². The van der Waals surface area contributed by atoms with E-state index < -0.39 is 17.3 Å². The lowest BCUT2D eigenvalue weighted by Gasteiger charge is -2.37. The Bertz CT molecular complexity index is 433. The van der Waals surface area contributed by atoms with Gasteiger partial charge < -0.3 is 14.9 Å². The van der Waals surface area contributed by atoms with Gasteiger partial charge in [0.2, 0.25) is 11.8 Å². The molecule has 112 valence electrons. The Morgan fingerprint density at radius 3 is 1.85 bits per heavy atom. The first-order valence-electron chi connectivity index (χ1n) is 7.03. The molecule has 0 aromatic heterocycles. The van der Waals surface area contributed by atoms with E-state index >= 15 is 0 Å². The number of hydrogen-bond acceptors (Lipinski definition) is 3. The van der Waals surface area contributed by atoms with Gasteiger partial charge in [-0.25, -0.2) is 0 Å². The Labute approximate surface area is 118 Å². The number of piperazine rings is 1. The summed E-state index contributed by atoms with van der Waals surface area (Å²) < 4.78 is 0. The average Bonchev–Trinajstić information content (AvgIpc) is 3.16. The van der Waals surface area contributed by atoms with Crippen molar-refractivity contribution in [1.82, 2.24) is 9.80 Å². The molecule has 0 spiro atoms. The van der Waals surface area contributed by atoms with Gasteiger partial charge in [-0.2, -0.15) is 0 Å². The number of amides is 2. The predicted octanol–water partition coefficient (Wildman–Crippen LogP) is 0.424. The second-order valence-corrected chi connectivity index (χ2v) is 6.65. The van der Waals surface area contributed by atoms with Crippen LogP contribution in [0.4, 0.5) is 0 Å². The maximum atomic E-state index is 12.1. The molecule has 1 aliphatic carbocycles. The van der Waals surface area contributed by atoms with Crippen LogP contribution < -0.4 is 0 Å². The Kier molecular flexibility index (Phi) is 3.75. The van der Waals surface area contributed by atoms with Crippen molar-refractivity contribution in [1.29, 1.82) is 0 Å². The minimum Gasteiger partial charge on any atom is -0.481 e.